The molecule has 6 heteroatoms. The second-order valence-corrected chi connectivity index (χ2v) is 7.68. The topological polar surface area (TPSA) is 74.8 Å². The van der Waals surface area contributed by atoms with Crippen LogP contribution in [0.15, 0.2) is 48.5 Å². The molecule has 2 aromatic carbocycles. The highest BCUT2D eigenvalue weighted by molar-refractivity contribution is 6.12. The fourth-order valence-electron chi connectivity index (χ4n) is 5.11. The second-order valence-electron chi connectivity index (χ2n) is 7.68. The van der Waals surface area contributed by atoms with Crippen molar-refractivity contribution in [1.29, 1.82) is 0 Å². The van der Waals surface area contributed by atoms with Gasteiger partial charge >= 0.3 is 0 Å². The van der Waals surface area contributed by atoms with Crippen LogP contribution < -0.4 is 0 Å². The number of rotatable bonds is 0. The molecule has 5 rings (SSSR count). The van der Waals surface area contributed by atoms with Gasteiger partial charge in [0, 0.05) is 37.1 Å². The van der Waals surface area contributed by atoms with E-state index in [1.54, 1.807) is 24.3 Å². The molecule has 2 heterocycles. The van der Waals surface area contributed by atoms with E-state index in [1.165, 1.54) is 14.1 Å². The Morgan fingerprint density at radius 2 is 0.929 bits per heavy atom. The van der Waals surface area contributed by atoms with Gasteiger partial charge in [-0.15, -0.1) is 0 Å². The number of carbonyl (C=O) groups is 4. The van der Waals surface area contributed by atoms with Gasteiger partial charge < -0.3 is 0 Å². The second kappa shape index (κ2) is 5.61. The lowest BCUT2D eigenvalue weighted by atomic mass is 9.51. The van der Waals surface area contributed by atoms with Gasteiger partial charge in [0.1, 0.15) is 0 Å². The zero-order valence-electron chi connectivity index (χ0n) is 15.5. The minimum Gasteiger partial charge on any atom is -0.281 e. The number of amides is 4. The summed E-state index contributed by atoms with van der Waals surface area (Å²) in [7, 11) is 2.97. The Balaban J connectivity index is 1.77. The minimum atomic E-state index is -0.549. The first-order chi connectivity index (χ1) is 13.4. The van der Waals surface area contributed by atoms with Crippen LogP contribution in [-0.2, 0) is 9.59 Å². The summed E-state index contributed by atoms with van der Waals surface area (Å²) in [4.78, 5) is 54.4. The van der Waals surface area contributed by atoms with Crippen LogP contribution in [0.25, 0.3) is 0 Å². The molecule has 0 aromatic heterocycles. The molecule has 0 radical (unpaired) electrons. The number of nitrogens with zero attached hydrogens (tertiary/aromatic N) is 2. The summed E-state index contributed by atoms with van der Waals surface area (Å²) in [5.41, 5.74) is 2.32. The number of carbonyl (C=O) groups excluding carboxylic acids is 4. The normalized spacial score (nSPS) is 28.5. The standard InChI is InChI=1S/C22H18N2O4/c1-23-19(25)13-9-5-3-7-11(13)15-17(21(23)27)16-12-8-4-6-10-14(12)20(26)24(2)22(28)18(15)16/h3-10,15-18H,1-2H3/t15-,16?,17-,18?/m0/s1. The Hall–Kier alpha value is -3.28. The maximum atomic E-state index is 13.2. The van der Waals surface area contributed by atoms with Crippen molar-refractivity contribution in [1.82, 2.24) is 9.80 Å². The van der Waals surface area contributed by atoms with Crippen LogP contribution in [0.2, 0.25) is 0 Å². The highest BCUT2D eigenvalue weighted by Gasteiger charge is 2.63. The molecule has 6 nitrogen and oxygen atoms in total. The lowest BCUT2D eigenvalue weighted by molar-refractivity contribution is -0.147. The number of imide groups is 2. The smallest absolute Gasteiger partial charge is 0.260 e. The summed E-state index contributed by atoms with van der Waals surface area (Å²) in [6.07, 6.45) is 0. The molecule has 140 valence electrons. The molecule has 3 aliphatic rings. The van der Waals surface area contributed by atoms with Crippen molar-refractivity contribution in [2.45, 2.75) is 11.8 Å². The number of hydrogen-bond acceptors (Lipinski definition) is 4. The average molecular weight is 374 g/mol. The third-order valence-electron chi connectivity index (χ3n) is 6.49. The van der Waals surface area contributed by atoms with Crippen LogP contribution in [0.4, 0.5) is 0 Å². The fraction of sp³-hybridized carbons (Fsp3) is 0.273. The average Bonchev–Trinajstić information content (AvgIpc) is 2.80. The summed E-state index contributed by atoms with van der Waals surface area (Å²) in [6.45, 7) is 0. The van der Waals surface area contributed by atoms with Gasteiger partial charge in [-0.05, 0) is 23.3 Å². The molecule has 0 spiro atoms. The van der Waals surface area contributed by atoms with Crippen molar-refractivity contribution in [3.8, 4) is 0 Å². The van der Waals surface area contributed by atoms with Gasteiger partial charge in [0.15, 0.2) is 0 Å². The van der Waals surface area contributed by atoms with E-state index in [1.807, 2.05) is 24.3 Å². The minimum absolute atomic E-state index is 0.299. The molecule has 2 aliphatic heterocycles. The van der Waals surface area contributed by atoms with Crippen LogP contribution in [0.5, 0.6) is 0 Å². The van der Waals surface area contributed by atoms with E-state index < -0.39 is 23.7 Å². The lowest BCUT2D eigenvalue weighted by Crippen LogP contribution is -2.54. The fourth-order valence-corrected chi connectivity index (χ4v) is 5.11. The van der Waals surface area contributed by atoms with Gasteiger partial charge in [0.05, 0.1) is 11.8 Å². The number of fused-ring (bicyclic) bond motifs is 8. The number of hydrogen-bond donors (Lipinski definition) is 0. The van der Waals surface area contributed by atoms with Gasteiger partial charge in [0.25, 0.3) is 11.8 Å². The van der Waals surface area contributed by atoms with Crippen LogP contribution in [0.3, 0.4) is 0 Å². The van der Waals surface area contributed by atoms with Gasteiger partial charge in [-0.2, -0.15) is 0 Å². The third kappa shape index (κ3) is 1.92. The maximum absolute atomic E-state index is 13.2. The Labute approximate surface area is 161 Å². The highest BCUT2D eigenvalue weighted by Crippen LogP contribution is 2.61. The van der Waals surface area contributed by atoms with Gasteiger partial charge in [-0.25, -0.2) is 0 Å². The molecule has 0 N–H and O–H groups in total. The van der Waals surface area contributed by atoms with Gasteiger partial charge in [-0.1, -0.05) is 36.4 Å². The molecule has 0 atom stereocenters. The van der Waals surface area contributed by atoms with Crippen LogP contribution in [0.1, 0.15) is 43.7 Å². The highest BCUT2D eigenvalue weighted by atomic mass is 16.2. The summed E-state index contributed by atoms with van der Waals surface area (Å²) < 4.78 is 0. The summed E-state index contributed by atoms with van der Waals surface area (Å²) in [5, 5.41) is 0. The van der Waals surface area contributed by atoms with E-state index in [0.29, 0.717) is 22.3 Å². The van der Waals surface area contributed by atoms with Gasteiger partial charge in [0.2, 0.25) is 11.8 Å². The van der Waals surface area contributed by atoms with E-state index in [0.717, 1.165) is 9.80 Å². The lowest BCUT2D eigenvalue weighted by Gasteiger charge is -2.50. The van der Waals surface area contributed by atoms with E-state index in [4.69, 9.17) is 0 Å². The molecule has 0 unspecified atom stereocenters. The summed E-state index contributed by atoms with van der Waals surface area (Å²) in [5.74, 6) is -3.24. The Kier molecular flexibility index (Phi) is 3.38. The molecule has 2 aromatic rings. The van der Waals surface area contributed by atoms with Crippen molar-refractivity contribution < 1.29 is 19.2 Å². The first-order valence-electron chi connectivity index (χ1n) is 9.25. The largest absolute Gasteiger partial charge is 0.281 e. The Morgan fingerprint density at radius 3 is 1.32 bits per heavy atom. The molecular weight excluding hydrogens is 356 g/mol. The van der Waals surface area contributed by atoms with Crippen molar-refractivity contribution in [3.05, 3.63) is 70.8 Å². The predicted molar refractivity (Wildman–Crippen MR) is 99.5 cm³/mol. The Bertz CT molecular complexity index is 982. The van der Waals surface area contributed by atoms with E-state index >= 15 is 0 Å². The molecule has 28 heavy (non-hydrogen) atoms. The van der Waals surface area contributed by atoms with Gasteiger partial charge in [-0.3, -0.25) is 29.0 Å². The van der Waals surface area contributed by atoms with Crippen LogP contribution in [-0.4, -0.2) is 47.5 Å². The molecule has 1 fully saturated rings. The molecular formula is C22H18N2O4. The van der Waals surface area contributed by atoms with Crippen LogP contribution >= 0.6 is 0 Å². The van der Waals surface area contributed by atoms with Crippen molar-refractivity contribution in [2.24, 2.45) is 11.8 Å². The van der Waals surface area contributed by atoms with Crippen molar-refractivity contribution in [2.75, 3.05) is 14.1 Å². The van der Waals surface area contributed by atoms with Crippen molar-refractivity contribution >= 4 is 23.6 Å². The summed E-state index contributed by atoms with van der Waals surface area (Å²) in [6, 6.07) is 14.2. The molecule has 4 amide bonds. The van der Waals surface area contributed by atoms with Crippen molar-refractivity contribution in [3.63, 3.8) is 0 Å². The van der Waals surface area contributed by atoms with E-state index in [2.05, 4.69) is 0 Å². The first-order valence-corrected chi connectivity index (χ1v) is 9.25. The summed E-state index contributed by atoms with van der Waals surface area (Å²) >= 11 is 0. The molecule has 1 aliphatic carbocycles. The quantitative estimate of drug-likeness (QED) is 0.662. The van der Waals surface area contributed by atoms with E-state index in [-0.39, 0.29) is 23.6 Å². The number of benzene rings is 2. The molecule has 1 saturated carbocycles. The third-order valence-corrected chi connectivity index (χ3v) is 6.49. The molecule has 0 saturated heterocycles. The SMILES string of the molecule is CN1C(=O)c2ccccc2C2C(C1=O)[C@H]1c3ccccc3C(=O)N(C)C(=O)[C@H]21. The predicted octanol–water partition coefficient (Wildman–Crippen LogP) is 2.02. The molecule has 0 bridgehead atoms. The zero-order valence-corrected chi connectivity index (χ0v) is 15.5. The maximum Gasteiger partial charge on any atom is 0.260 e. The zero-order chi connectivity index (χ0) is 19.7. The first kappa shape index (κ1) is 16.9. The van der Waals surface area contributed by atoms with E-state index in [9.17, 15) is 19.2 Å². The monoisotopic (exact) mass is 374 g/mol. The van der Waals surface area contributed by atoms with Crippen LogP contribution in [0, 0.1) is 11.8 Å². The Morgan fingerprint density at radius 1 is 0.571 bits per heavy atom.